The first kappa shape index (κ1) is 50.4. The lowest BCUT2D eigenvalue weighted by atomic mass is 9.33. The maximum Gasteiger partial charge on any atom is 0.252 e. The first-order valence-corrected chi connectivity index (χ1v) is 32.2. The number of hydrogen-bond acceptors (Lipinski definition) is 8. The van der Waals surface area contributed by atoms with Crippen LogP contribution in [0.3, 0.4) is 0 Å². The van der Waals surface area contributed by atoms with Crippen LogP contribution in [0.1, 0.15) is 0 Å². The molecule has 434 valence electrons. The van der Waals surface area contributed by atoms with Crippen LogP contribution in [-0.2, 0) is 0 Å². The van der Waals surface area contributed by atoms with E-state index in [1.807, 2.05) is 12.1 Å². The van der Waals surface area contributed by atoms with Gasteiger partial charge in [-0.25, -0.2) is 0 Å². The number of anilines is 12. The number of para-hydroxylation sites is 8. The summed E-state index contributed by atoms with van der Waals surface area (Å²) in [7, 11) is 0. The van der Waals surface area contributed by atoms with Gasteiger partial charge in [0, 0.05) is 100 Å². The Hall–Kier alpha value is -12.4. The SMILES string of the molecule is c1ccc2c(c1)B1c3ccccc3N(c3cccc4c3oc3ccccc34)c3cccc(c31)N2c1cc(-c2ccc3c(c2)B2c4ccccc4N(c4ccc5oc6ccccc6c5c4)c4cccc(c42)N3c2cccc3oc4ccccc4c23)c2oc3ccccc3c2c1. The molecule has 22 rings (SSSR count). The third-order valence-corrected chi connectivity index (χ3v) is 20.6. The van der Waals surface area contributed by atoms with Gasteiger partial charge in [-0.2, -0.15) is 0 Å². The van der Waals surface area contributed by atoms with E-state index in [4.69, 9.17) is 17.7 Å². The summed E-state index contributed by atoms with van der Waals surface area (Å²) in [6.45, 7) is -0.222. The Morgan fingerprint density at radius 3 is 1.32 bits per heavy atom. The Bertz CT molecular complexity index is 6350. The number of hydrogen-bond donors (Lipinski definition) is 0. The van der Waals surface area contributed by atoms with Gasteiger partial charge in [-0.3, -0.25) is 0 Å². The van der Waals surface area contributed by atoms with Gasteiger partial charge in [-0.15, -0.1) is 0 Å². The van der Waals surface area contributed by atoms with E-state index in [0.29, 0.717) is 0 Å². The van der Waals surface area contributed by atoms with Gasteiger partial charge in [0.15, 0.2) is 5.58 Å². The molecule has 0 spiro atoms. The van der Waals surface area contributed by atoms with E-state index >= 15 is 0 Å². The van der Waals surface area contributed by atoms with Crippen LogP contribution in [0.2, 0.25) is 0 Å². The monoisotopic (exact) mass is 1200 g/mol. The fraction of sp³-hybridized carbons (Fsp3) is 0. The molecule has 0 unspecified atom stereocenters. The van der Waals surface area contributed by atoms with Crippen LogP contribution in [0.4, 0.5) is 68.2 Å². The number of nitrogens with zero attached hydrogens (tertiary/aromatic N) is 4. The zero-order valence-electron chi connectivity index (χ0n) is 50.3. The summed E-state index contributed by atoms with van der Waals surface area (Å²) in [5.74, 6) is 0. The zero-order chi connectivity index (χ0) is 61.0. The van der Waals surface area contributed by atoms with E-state index in [2.05, 4.69) is 299 Å². The van der Waals surface area contributed by atoms with Gasteiger partial charge in [-0.05, 0) is 160 Å². The second kappa shape index (κ2) is 18.6. The molecular weight excluding hydrogens is 1150 g/mol. The smallest absolute Gasteiger partial charge is 0.252 e. The van der Waals surface area contributed by atoms with Gasteiger partial charge < -0.3 is 37.3 Å². The number of benzene rings is 14. The van der Waals surface area contributed by atoms with Crippen LogP contribution in [0.5, 0.6) is 0 Å². The molecule has 4 aromatic heterocycles. The highest BCUT2D eigenvalue weighted by Crippen LogP contribution is 2.52. The summed E-state index contributed by atoms with van der Waals surface area (Å²) in [5, 5.41) is 8.61. The number of fused-ring (bicyclic) bond motifs is 20. The minimum Gasteiger partial charge on any atom is -0.456 e. The van der Waals surface area contributed by atoms with Gasteiger partial charge in [0.2, 0.25) is 0 Å². The van der Waals surface area contributed by atoms with E-state index in [1.54, 1.807) is 0 Å². The highest BCUT2D eigenvalue weighted by molar-refractivity contribution is 7.01. The largest absolute Gasteiger partial charge is 0.456 e. The second-order valence-electron chi connectivity index (χ2n) is 25.3. The highest BCUT2D eigenvalue weighted by atomic mass is 16.3. The van der Waals surface area contributed by atoms with Crippen molar-refractivity contribution in [1.82, 2.24) is 0 Å². The number of rotatable bonds is 5. The summed E-state index contributed by atoms with van der Waals surface area (Å²) in [4.78, 5) is 9.92. The van der Waals surface area contributed by atoms with Gasteiger partial charge in [0.05, 0.1) is 16.8 Å². The van der Waals surface area contributed by atoms with E-state index < -0.39 is 0 Å². The van der Waals surface area contributed by atoms with Crippen molar-refractivity contribution in [1.29, 1.82) is 0 Å². The summed E-state index contributed by atoms with van der Waals surface area (Å²) < 4.78 is 27.2. The molecular formula is C84H48B2N4O4. The van der Waals surface area contributed by atoms with Gasteiger partial charge in [0.1, 0.15) is 39.1 Å². The lowest BCUT2D eigenvalue weighted by Gasteiger charge is -2.44. The minimum atomic E-state index is -0.170. The van der Waals surface area contributed by atoms with Crippen molar-refractivity contribution < 1.29 is 17.7 Å². The average molecular weight is 1200 g/mol. The topological polar surface area (TPSA) is 65.5 Å². The van der Waals surface area contributed by atoms with Crippen molar-refractivity contribution in [3.63, 3.8) is 0 Å². The van der Waals surface area contributed by atoms with Crippen LogP contribution in [-0.4, -0.2) is 13.4 Å². The summed E-state index contributed by atoms with van der Waals surface area (Å²) in [5.41, 5.74) is 29.3. The lowest BCUT2D eigenvalue weighted by Crippen LogP contribution is -2.61. The average Bonchev–Trinajstić information content (AvgIpc) is 0.823. The third kappa shape index (κ3) is 6.72. The van der Waals surface area contributed by atoms with Crippen molar-refractivity contribution >= 4 is 202 Å². The number of furan rings is 4. The Balaban J connectivity index is 0.784. The van der Waals surface area contributed by atoms with E-state index in [1.165, 1.54) is 32.8 Å². The van der Waals surface area contributed by atoms with Crippen molar-refractivity contribution in [2.45, 2.75) is 0 Å². The quantitative estimate of drug-likeness (QED) is 0.158. The molecule has 8 nitrogen and oxygen atoms in total. The Morgan fingerprint density at radius 2 is 0.638 bits per heavy atom. The van der Waals surface area contributed by atoms with E-state index in [0.717, 1.165) is 167 Å². The molecule has 4 aliphatic rings. The van der Waals surface area contributed by atoms with Gasteiger partial charge >= 0.3 is 0 Å². The first-order valence-electron chi connectivity index (χ1n) is 32.2. The third-order valence-electron chi connectivity index (χ3n) is 20.6. The van der Waals surface area contributed by atoms with Crippen molar-refractivity contribution in [2.24, 2.45) is 0 Å². The van der Waals surface area contributed by atoms with Crippen LogP contribution in [0, 0.1) is 0 Å². The lowest BCUT2D eigenvalue weighted by molar-refractivity contribution is 0.668. The Labute approximate surface area is 538 Å². The molecule has 0 N–H and O–H groups in total. The molecule has 10 heteroatoms. The highest BCUT2D eigenvalue weighted by Gasteiger charge is 2.46. The Kier molecular flexibility index (Phi) is 9.98. The first-order chi connectivity index (χ1) is 46.6. The molecule has 0 amide bonds. The molecule has 0 radical (unpaired) electrons. The summed E-state index contributed by atoms with van der Waals surface area (Å²) in [6, 6.07) is 106. The second-order valence-corrected chi connectivity index (χ2v) is 25.3. The molecule has 0 saturated carbocycles. The Morgan fingerprint density at radius 1 is 0.223 bits per heavy atom. The predicted molar refractivity (Wildman–Crippen MR) is 389 cm³/mol. The molecule has 4 aliphatic heterocycles. The molecule has 14 aromatic carbocycles. The fourth-order valence-electron chi connectivity index (χ4n) is 16.8. The van der Waals surface area contributed by atoms with Gasteiger partial charge in [0.25, 0.3) is 13.4 Å². The normalized spacial score (nSPS) is 13.6. The van der Waals surface area contributed by atoms with Crippen molar-refractivity contribution in [2.75, 3.05) is 19.6 Å². The molecule has 18 aromatic rings. The maximum atomic E-state index is 7.20. The molecule has 0 fully saturated rings. The zero-order valence-corrected chi connectivity index (χ0v) is 50.3. The fourth-order valence-corrected chi connectivity index (χ4v) is 16.8. The minimum absolute atomic E-state index is 0.0519. The predicted octanol–water partition coefficient (Wildman–Crippen LogP) is 19.1. The van der Waals surface area contributed by atoms with Crippen molar-refractivity contribution in [3.05, 3.63) is 291 Å². The van der Waals surface area contributed by atoms with Crippen molar-refractivity contribution in [3.8, 4) is 11.1 Å². The molecule has 0 atom stereocenters. The van der Waals surface area contributed by atoms with Crippen LogP contribution in [0.15, 0.2) is 309 Å². The molecule has 94 heavy (non-hydrogen) atoms. The molecule has 0 saturated heterocycles. The van der Waals surface area contributed by atoms with Gasteiger partial charge in [-0.1, -0.05) is 170 Å². The molecule has 0 bridgehead atoms. The standard InChI is InChI=1S/C84H48B2N4O4/c1-12-37-75-52(19-1)55-23-15-35-73(84(55)94-75)90-66-29-10-7-26-62(66)85-60-24-5-9-28-65(60)88(70-32-17-34-72(90)81(70)85)51-47-57(83-59(48-51)54-21-3-13-38-76(54)93-83)49-41-43-67-63(45-49)86-61-25-6-8-27-64(61)87(50-42-44-78-58(46-50)53-20-2-11-36-74(53)91-78)69-31-16-33-71(82(69)86)89(67)68-30-18-40-79-80(68)56-22-4-14-39-77(56)92-79/h1-48H. The molecule has 8 heterocycles. The van der Waals surface area contributed by atoms with E-state index in [-0.39, 0.29) is 13.4 Å². The van der Waals surface area contributed by atoms with Crippen LogP contribution >= 0.6 is 0 Å². The molecule has 0 aliphatic carbocycles. The maximum absolute atomic E-state index is 7.20. The summed E-state index contributed by atoms with van der Waals surface area (Å²) in [6.07, 6.45) is 0. The summed E-state index contributed by atoms with van der Waals surface area (Å²) >= 11 is 0. The van der Waals surface area contributed by atoms with Crippen LogP contribution in [0.25, 0.3) is 98.9 Å². The van der Waals surface area contributed by atoms with E-state index in [9.17, 15) is 0 Å². The van der Waals surface area contributed by atoms with Crippen LogP contribution < -0.4 is 52.4 Å².